The third kappa shape index (κ3) is 2.36. The number of nitrogens with zero attached hydrogens (tertiary/aromatic N) is 2. The molecule has 0 spiro atoms. The lowest BCUT2D eigenvalue weighted by Gasteiger charge is -2.37. The second-order valence-electron chi connectivity index (χ2n) is 6.03. The van der Waals surface area contributed by atoms with E-state index in [0.717, 1.165) is 13.0 Å². The minimum absolute atomic E-state index is 0.00171. The van der Waals surface area contributed by atoms with E-state index in [2.05, 4.69) is 10.2 Å². The summed E-state index contributed by atoms with van der Waals surface area (Å²) in [6.45, 7) is 4.67. The molecule has 5 heteroatoms. The summed E-state index contributed by atoms with van der Waals surface area (Å²) >= 11 is 0. The first-order valence-corrected chi connectivity index (χ1v) is 7.51. The molecule has 3 saturated heterocycles. The number of carbonyl (C=O) groups excluding carboxylic acids is 2. The maximum Gasteiger partial charge on any atom is 0.245 e. The molecule has 3 rings (SSSR count). The molecule has 0 bridgehead atoms. The molecule has 0 radical (unpaired) electrons. The number of carbonyl (C=O) groups is 2. The van der Waals surface area contributed by atoms with Gasteiger partial charge in [0.05, 0.1) is 0 Å². The lowest BCUT2D eigenvalue weighted by Crippen LogP contribution is -2.52. The summed E-state index contributed by atoms with van der Waals surface area (Å²) < 4.78 is 0. The largest absolute Gasteiger partial charge is 0.345 e. The molecule has 0 saturated carbocycles. The van der Waals surface area contributed by atoms with Gasteiger partial charge in [-0.2, -0.15) is 0 Å². The Morgan fingerprint density at radius 3 is 2.74 bits per heavy atom. The smallest absolute Gasteiger partial charge is 0.245 e. The summed E-state index contributed by atoms with van der Waals surface area (Å²) in [6, 6.07) is 0.480. The Hall–Kier alpha value is -1.10. The van der Waals surface area contributed by atoms with Crippen molar-refractivity contribution < 1.29 is 9.59 Å². The lowest BCUT2D eigenvalue weighted by atomic mass is 9.97. The summed E-state index contributed by atoms with van der Waals surface area (Å²) in [4.78, 5) is 28.5. The van der Waals surface area contributed by atoms with Crippen molar-refractivity contribution in [2.24, 2.45) is 0 Å². The van der Waals surface area contributed by atoms with Gasteiger partial charge < -0.3 is 10.2 Å². The molecule has 3 unspecified atom stereocenters. The van der Waals surface area contributed by atoms with Crippen molar-refractivity contribution in [3.05, 3.63) is 0 Å². The van der Waals surface area contributed by atoms with Crippen molar-refractivity contribution in [3.8, 4) is 0 Å². The van der Waals surface area contributed by atoms with E-state index < -0.39 is 0 Å². The topological polar surface area (TPSA) is 52.7 Å². The van der Waals surface area contributed by atoms with Crippen molar-refractivity contribution in [1.29, 1.82) is 0 Å². The third-order valence-electron chi connectivity index (χ3n) is 4.83. The van der Waals surface area contributed by atoms with Crippen LogP contribution in [0.4, 0.5) is 0 Å². The van der Waals surface area contributed by atoms with E-state index in [1.807, 2.05) is 4.90 Å². The fourth-order valence-corrected chi connectivity index (χ4v) is 3.87. The summed E-state index contributed by atoms with van der Waals surface area (Å²) in [5.74, 6) is 0.102. The van der Waals surface area contributed by atoms with Crippen LogP contribution in [-0.2, 0) is 9.59 Å². The van der Waals surface area contributed by atoms with Gasteiger partial charge in [-0.05, 0) is 32.7 Å². The van der Waals surface area contributed by atoms with Gasteiger partial charge in [0.2, 0.25) is 11.8 Å². The van der Waals surface area contributed by atoms with Crippen LogP contribution in [0.5, 0.6) is 0 Å². The number of rotatable bonds is 1. The van der Waals surface area contributed by atoms with Gasteiger partial charge in [0.25, 0.3) is 0 Å². The van der Waals surface area contributed by atoms with E-state index >= 15 is 0 Å². The second-order valence-corrected chi connectivity index (χ2v) is 6.03. The van der Waals surface area contributed by atoms with Gasteiger partial charge in [-0.15, -0.1) is 0 Å². The molecule has 0 aromatic rings. The number of piperidine rings is 1. The number of hydrogen-bond acceptors (Lipinski definition) is 3. The minimum atomic E-state index is -0.368. The van der Waals surface area contributed by atoms with Crippen LogP contribution in [0.3, 0.4) is 0 Å². The second kappa shape index (κ2) is 5.12. The summed E-state index contributed by atoms with van der Waals surface area (Å²) in [5, 5.41) is 2.77. The fraction of sp³-hybridized carbons (Fsp3) is 0.857. The molecule has 19 heavy (non-hydrogen) atoms. The SMILES string of the molecule is CC1NC(=O)CCN(C2CCN3CCCCC23)C1=O. The van der Waals surface area contributed by atoms with E-state index in [0.29, 0.717) is 25.0 Å². The highest BCUT2D eigenvalue weighted by Gasteiger charge is 2.42. The third-order valence-corrected chi connectivity index (χ3v) is 4.83. The first-order chi connectivity index (χ1) is 9.16. The van der Waals surface area contributed by atoms with Crippen LogP contribution in [0.25, 0.3) is 0 Å². The van der Waals surface area contributed by atoms with Crippen LogP contribution in [-0.4, -0.2) is 59.4 Å². The lowest BCUT2D eigenvalue weighted by molar-refractivity contribution is -0.135. The quantitative estimate of drug-likeness (QED) is 0.744. The monoisotopic (exact) mass is 265 g/mol. The molecule has 3 aliphatic rings. The highest BCUT2D eigenvalue weighted by molar-refractivity contribution is 5.89. The van der Waals surface area contributed by atoms with E-state index in [1.165, 1.54) is 25.8 Å². The van der Waals surface area contributed by atoms with Gasteiger partial charge >= 0.3 is 0 Å². The molecule has 106 valence electrons. The van der Waals surface area contributed by atoms with Gasteiger partial charge in [-0.3, -0.25) is 14.5 Å². The highest BCUT2D eigenvalue weighted by Crippen LogP contribution is 2.31. The number of amides is 2. The predicted octanol–water partition coefficient (Wildman–Crippen LogP) is 0.350. The summed E-state index contributed by atoms with van der Waals surface area (Å²) in [5.41, 5.74) is 0. The Kier molecular flexibility index (Phi) is 3.48. The zero-order chi connectivity index (χ0) is 13.4. The van der Waals surface area contributed by atoms with Gasteiger partial charge in [-0.25, -0.2) is 0 Å². The Morgan fingerprint density at radius 2 is 1.89 bits per heavy atom. The molecule has 0 aromatic heterocycles. The average Bonchev–Trinajstić information content (AvgIpc) is 2.77. The molecule has 3 heterocycles. The van der Waals surface area contributed by atoms with Crippen molar-refractivity contribution in [2.45, 2.75) is 57.2 Å². The van der Waals surface area contributed by atoms with Gasteiger partial charge in [0.1, 0.15) is 6.04 Å². The molecule has 0 aliphatic carbocycles. The molecule has 0 aromatic carbocycles. The molecule has 5 nitrogen and oxygen atoms in total. The zero-order valence-electron chi connectivity index (χ0n) is 11.6. The highest BCUT2D eigenvalue weighted by atomic mass is 16.2. The fourth-order valence-electron chi connectivity index (χ4n) is 3.87. The summed E-state index contributed by atoms with van der Waals surface area (Å²) in [6.07, 6.45) is 5.26. The molecular formula is C14H23N3O2. The van der Waals surface area contributed by atoms with E-state index in [1.54, 1.807) is 6.92 Å². The Balaban J connectivity index is 1.76. The maximum atomic E-state index is 12.4. The zero-order valence-corrected chi connectivity index (χ0v) is 11.6. The van der Waals surface area contributed by atoms with E-state index in [4.69, 9.17) is 0 Å². The minimum Gasteiger partial charge on any atom is -0.345 e. The Bertz CT molecular complexity index is 385. The van der Waals surface area contributed by atoms with Gasteiger partial charge in [0, 0.05) is 31.6 Å². The predicted molar refractivity (Wildman–Crippen MR) is 71.6 cm³/mol. The van der Waals surface area contributed by atoms with Crippen LogP contribution in [0.15, 0.2) is 0 Å². The molecule has 2 amide bonds. The van der Waals surface area contributed by atoms with Crippen LogP contribution >= 0.6 is 0 Å². The maximum absolute atomic E-state index is 12.4. The van der Waals surface area contributed by atoms with Crippen molar-refractivity contribution in [1.82, 2.24) is 15.1 Å². The van der Waals surface area contributed by atoms with Crippen molar-refractivity contribution in [3.63, 3.8) is 0 Å². The Morgan fingerprint density at radius 1 is 1.05 bits per heavy atom. The number of fused-ring (bicyclic) bond motifs is 1. The van der Waals surface area contributed by atoms with Gasteiger partial charge in [-0.1, -0.05) is 6.42 Å². The standard InChI is InChI=1S/C14H23N3O2/c1-10-14(19)17(9-6-13(18)15-10)12-5-8-16-7-3-2-4-11(12)16/h10-12H,2-9H2,1H3,(H,15,18). The van der Waals surface area contributed by atoms with Crippen LogP contribution in [0, 0.1) is 0 Å². The molecular weight excluding hydrogens is 242 g/mol. The molecule has 3 atom stereocenters. The van der Waals surface area contributed by atoms with E-state index in [-0.39, 0.29) is 17.9 Å². The number of nitrogens with one attached hydrogen (secondary N) is 1. The van der Waals surface area contributed by atoms with Crippen molar-refractivity contribution in [2.75, 3.05) is 19.6 Å². The first-order valence-electron chi connectivity index (χ1n) is 7.51. The first kappa shape index (κ1) is 12.9. The normalized spacial score (nSPS) is 36.9. The van der Waals surface area contributed by atoms with Gasteiger partial charge in [0.15, 0.2) is 0 Å². The molecule has 1 N–H and O–H groups in total. The number of hydrogen-bond donors (Lipinski definition) is 1. The van der Waals surface area contributed by atoms with Crippen LogP contribution < -0.4 is 5.32 Å². The Labute approximate surface area is 114 Å². The van der Waals surface area contributed by atoms with Crippen LogP contribution in [0.2, 0.25) is 0 Å². The van der Waals surface area contributed by atoms with E-state index in [9.17, 15) is 9.59 Å². The molecule has 3 fully saturated rings. The molecule has 3 aliphatic heterocycles. The summed E-state index contributed by atoms with van der Waals surface area (Å²) in [7, 11) is 0. The average molecular weight is 265 g/mol. The van der Waals surface area contributed by atoms with Crippen molar-refractivity contribution >= 4 is 11.8 Å². The van der Waals surface area contributed by atoms with Crippen LogP contribution in [0.1, 0.15) is 39.0 Å².